The molecule has 148 valence electrons. The molecule has 1 aromatic heterocycles. The number of hydrogen-bond acceptors (Lipinski definition) is 7. The van der Waals surface area contributed by atoms with E-state index in [9.17, 15) is 19.2 Å². The quantitative estimate of drug-likeness (QED) is 0.676. The molecular weight excluding hydrogens is 378 g/mol. The number of aryl methyl sites for hydroxylation is 1. The minimum Gasteiger partial charge on any atom is -0.465 e. The number of benzene rings is 2. The van der Waals surface area contributed by atoms with Gasteiger partial charge in [-0.1, -0.05) is 17.7 Å². The number of methoxy groups -OCH3 is 2. The van der Waals surface area contributed by atoms with Crippen molar-refractivity contribution in [2.75, 3.05) is 19.5 Å². The first kappa shape index (κ1) is 19.8. The molecule has 1 heterocycles. The van der Waals surface area contributed by atoms with Crippen molar-refractivity contribution in [3.63, 3.8) is 0 Å². The summed E-state index contributed by atoms with van der Waals surface area (Å²) in [6, 6.07) is 10.6. The molecule has 0 unspecified atom stereocenters. The largest absolute Gasteiger partial charge is 0.465 e. The first-order valence-electron chi connectivity index (χ1n) is 8.50. The Morgan fingerprint density at radius 2 is 1.66 bits per heavy atom. The summed E-state index contributed by atoms with van der Waals surface area (Å²) < 4.78 is 14.5. The monoisotopic (exact) mass is 395 g/mol. The number of nitrogens with one attached hydrogen (secondary N) is 1. The summed E-state index contributed by atoms with van der Waals surface area (Å²) in [7, 11) is 2.40. The topological polar surface area (TPSA) is 112 Å². The number of amides is 1. The van der Waals surface area contributed by atoms with Crippen LogP contribution in [-0.4, -0.2) is 32.1 Å². The highest BCUT2D eigenvalue weighted by molar-refractivity contribution is 6.08. The van der Waals surface area contributed by atoms with Gasteiger partial charge in [-0.15, -0.1) is 0 Å². The van der Waals surface area contributed by atoms with Crippen LogP contribution in [0.5, 0.6) is 0 Å². The number of hydrogen-bond donors (Lipinski definition) is 1. The third kappa shape index (κ3) is 4.01. The van der Waals surface area contributed by atoms with E-state index in [1.54, 1.807) is 18.2 Å². The van der Waals surface area contributed by atoms with E-state index in [1.165, 1.54) is 38.5 Å². The Hall–Kier alpha value is -3.94. The molecule has 8 nitrogen and oxygen atoms in total. The Labute approximate surface area is 165 Å². The van der Waals surface area contributed by atoms with E-state index in [1.807, 2.05) is 6.92 Å². The number of rotatable bonds is 4. The van der Waals surface area contributed by atoms with Crippen molar-refractivity contribution in [1.82, 2.24) is 0 Å². The van der Waals surface area contributed by atoms with Gasteiger partial charge >= 0.3 is 17.6 Å². The van der Waals surface area contributed by atoms with E-state index in [0.29, 0.717) is 10.8 Å². The van der Waals surface area contributed by atoms with Crippen molar-refractivity contribution in [2.45, 2.75) is 6.92 Å². The maximum atomic E-state index is 12.7. The fourth-order valence-corrected chi connectivity index (χ4v) is 2.77. The summed E-state index contributed by atoms with van der Waals surface area (Å²) >= 11 is 0. The van der Waals surface area contributed by atoms with Crippen LogP contribution in [0.4, 0.5) is 5.69 Å². The van der Waals surface area contributed by atoms with Crippen molar-refractivity contribution in [3.05, 3.63) is 75.3 Å². The molecule has 1 N–H and O–H groups in total. The number of carbonyl (C=O) groups excluding carboxylic acids is 3. The van der Waals surface area contributed by atoms with Gasteiger partial charge in [-0.2, -0.15) is 0 Å². The van der Waals surface area contributed by atoms with Crippen molar-refractivity contribution >= 4 is 34.3 Å². The SMILES string of the molecule is COC(=O)c1ccc(C(=O)OC)c(NC(=O)c2cc3ccc(C)cc3c(=O)o2)c1. The Kier molecular flexibility index (Phi) is 5.45. The molecule has 8 heteroatoms. The summed E-state index contributed by atoms with van der Waals surface area (Å²) in [4.78, 5) is 48.7. The highest BCUT2D eigenvalue weighted by atomic mass is 16.5. The van der Waals surface area contributed by atoms with E-state index in [0.717, 1.165) is 5.56 Å². The number of carbonyl (C=O) groups is 3. The van der Waals surface area contributed by atoms with Gasteiger partial charge < -0.3 is 19.2 Å². The van der Waals surface area contributed by atoms with Crippen molar-refractivity contribution < 1.29 is 28.3 Å². The number of fused-ring (bicyclic) bond motifs is 1. The lowest BCUT2D eigenvalue weighted by Crippen LogP contribution is -2.18. The second kappa shape index (κ2) is 7.97. The molecule has 0 spiro atoms. The van der Waals surface area contributed by atoms with Crippen LogP contribution in [-0.2, 0) is 9.47 Å². The molecule has 3 aromatic rings. The highest BCUT2D eigenvalue weighted by Crippen LogP contribution is 2.21. The maximum absolute atomic E-state index is 12.7. The molecule has 0 aliphatic carbocycles. The van der Waals surface area contributed by atoms with Crippen LogP contribution in [0.1, 0.15) is 36.8 Å². The Bertz CT molecular complexity index is 1190. The molecule has 0 bridgehead atoms. The lowest BCUT2D eigenvalue weighted by molar-refractivity contribution is 0.0587. The van der Waals surface area contributed by atoms with Crippen LogP contribution in [0.3, 0.4) is 0 Å². The fourth-order valence-electron chi connectivity index (χ4n) is 2.77. The molecule has 0 aliphatic heterocycles. The van der Waals surface area contributed by atoms with Gasteiger partial charge in [-0.05, 0) is 42.6 Å². The molecule has 0 saturated carbocycles. The molecule has 0 saturated heterocycles. The average molecular weight is 395 g/mol. The normalized spacial score (nSPS) is 10.4. The first-order chi connectivity index (χ1) is 13.8. The molecule has 2 aromatic carbocycles. The van der Waals surface area contributed by atoms with Crippen molar-refractivity contribution in [3.8, 4) is 0 Å². The van der Waals surface area contributed by atoms with E-state index >= 15 is 0 Å². The molecular formula is C21H17NO7. The maximum Gasteiger partial charge on any atom is 0.344 e. The van der Waals surface area contributed by atoms with Crippen LogP contribution in [0.25, 0.3) is 10.8 Å². The predicted octanol–water partition coefficient (Wildman–Crippen LogP) is 2.93. The fraction of sp³-hybridized carbons (Fsp3) is 0.143. The molecule has 29 heavy (non-hydrogen) atoms. The summed E-state index contributed by atoms with van der Waals surface area (Å²) in [6.07, 6.45) is 0. The van der Waals surface area contributed by atoms with Gasteiger partial charge in [0.15, 0.2) is 5.76 Å². The highest BCUT2D eigenvalue weighted by Gasteiger charge is 2.19. The van der Waals surface area contributed by atoms with Gasteiger partial charge in [0.1, 0.15) is 0 Å². The number of ether oxygens (including phenoxy) is 2. The zero-order valence-electron chi connectivity index (χ0n) is 15.9. The van der Waals surface area contributed by atoms with Crippen LogP contribution < -0.4 is 10.9 Å². The molecule has 1 amide bonds. The van der Waals surface area contributed by atoms with Crippen LogP contribution in [0, 0.1) is 6.92 Å². The van der Waals surface area contributed by atoms with Crippen molar-refractivity contribution in [2.24, 2.45) is 0 Å². The third-order valence-electron chi connectivity index (χ3n) is 4.24. The number of esters is 2. The minimum atomic E-state index is -0.767. The molecule has 3 rings (SSSR count). The van der Waals surface area contributed by atoms with Gasteiger partial charge in [0, 0.05) is 0 Å². The molecule has 0 aliphatic rings. The minimum absolute atomic E-state index is 0.0106. The Morgan fingerprint density at radius 1 is 0.931 bits per heavy atom. The zero-order valence-corrected chi connectivity index (χ0v) is 15.9. The molecule has 0 fully saturated rings. The van der Waals surface area contributed by atoms with Gasteiger partial charge in [0.2, 0.25) is 0 Å². The standard InChI is InChI=1S/C21H17NO7/c1-11-4-5-12-10-17(29-21(26)15(12)8-11)18(23)22-16-9-13(19(24)27-2)6-7-14(16)20(25)28-3/h4-10H,1-3H3,(H,22,23). The van der Waals surface area contributed by atoms with Gasteiger partial charge in [-0.3, -0.25) is 4.79 Å². The second-order valence-electron chi connectivity index (χ2n) is 6.19. The van der Waals surface area contributed by atoms with E-state index < -0.39 is 23.5 Å². The first-order valence-corrected chi connectivity index (χ1v) is 8.50. The van der Waals surface area contributed by atoms with Crippen LogP contribution in [0.2, 0.25) is 0 Å². The van der Waals surface area contributed by atoms with Crippen LogP contribution >= 0.6 is 0 Å². The Balaban J connectivity index is 2.02. The van der Waals surface area contributed by atoms with E-state index in [-0.39, 0.29) is 22.6 Å². The Morgan fingerprint density at radius 3 is 2.34 bits per heavy atom. The summed E-state index contributed by atoms with van der Waals surface area (Å²) in [6.45, 7) is 1.84. The van der Waals surface area contributed by atoms with Gasteiger partial charge in [0.25, 0.3) is 5.91 Å². The van der Waals surface area contributed by atoms with Gasteiger partial charge in [-0.25, -0.2) is 14.4 Å². The summed E-state index contributed by atoms with van der Waals surface area (Å²) in [5, 5.41) is 3.37. The van der Waals surface area contributed by atoms with E-state index in [2.05, 4.69) is 10.1 Å². The predicted molar refractivity (Wildman–Crippen MR) is 104 cm³/mol. The smallest absolute Gasteiger partial charge is 0.344 e. The van der Waals surface area contributed by atoms with E-state index in [4.69, 9.17) is 9.15 Å². The number of anilines is 1. The molecule has 0 atom stereocenters. The lowest BCUT2D eigenvalue weighted by Gasteiger charge is -2.11. The van der Waals surface area contributed by atoms with Crippen molar-refractivity contribution in [1.29, 1.82) is 0 Å². The van der Waals surface area contributed by atoms with Crippen LogP contribution in [0.15, 0.2) is 51.7 Å². The lowest BCUT2D eigenvalue weighted by atomic mass is 10.1. The van der Waals surface area contributed by atoms with Gasteiger partial charge in [0.05, 0.1) is 36.4 Å². The summed E-state index contributed by atoms with van der Waals surface area (Å²) in [5.41, 5.74) is 0.367. The average Bonchev–Trinajstić information content (AvgIpc) is 2.72. The summed E-state index contributed by atoms with van der Waals surface area (Å²) in [5.74, 6) is -2.38. The second-order valence-corrected chi connectivity index (χ2v) is 6.19. The third-order valence-corrected chi connectivity index (χ3v) is 4.24. The molecule has 0 radical (unpaired) electrons. The zero-order chi connectivity index (χ0) is 21.1.